The first-order valence-corrected chi connectivity index (χ1v) is 8.94. The molecule has 0 saturated carbocycles. The van der Waals surface area contributed by atoms with Crippen LogP contribution >= 0.6 is 0 Å². The Balaban J connectivity index is 1.65. The van der Waals surface area contributed by atoms with E-state index in [1.165, 1.54) is 0 Å². The highest BCUT2D eigenvalue weighted by molar-refractivity contribution is 5.88. The average molecular weight is 371 g/mol. The highest BCUT2D eigenvalue weighted by atomic mass is 19.1. The number of pyridine rings is 1. The van der Waals surface area contributed by atoms with Crippen molar-refractivity contribution in [1.82, 2.24) is 30.0 Å². The summed E-state index contributed by atoms with van der Waals surface area (Å²) in [6, 6.07) is 1.86. The molecule has 8 nitrogen and oxygen atoms in total. The summed E-state index contributed by atoms with van der Waals surface area (Å²) >= 11 is 0. The topological polar surface area (TPSA) is 89.8 Å². The minimum atomic E-state index is -1.30. The van der Waals surface area contributed by atoms with Crippen molar-refractivity contribution in [2.45, 2.75) is 25.2 Å². The van der Waals surface area contributed by atoms with E-state index in [1.54, 1.807) is 30.4 Å². The summed E-state index contributed by atoms with van der Waals surface area (Å²) in [7, 11) is 1.61. The van der Waals surface area contributed by atoms with Gasteiger partial charge in [0.1, 0.15) is 17.9 Å². The lowest BCUT2D eigenvalue weighted by Crippen LogP contribution is -2.46. The Kier molecular flexibility index (Phi) is 4.95. The smallest absolute Gasteiger partial charge is 0.155 e. The van der Waals surface area contributed by atoms with Crippen molar-refractivity contribution in [3.05, 3.63) is 30.9 Å². The molecule has 0 bridgehead atoms. The first-order valence-electron chi connectivity index (χ1n) is 8.94. The second kappa shape index (κ2) is 7.53. The Morgan fingerprint density at radius 2 is 2.26 bits per heavy atom. The van der Waals surface area contributed by atoms with E-state index in [0.717, 1.165) is 18.5 Å². The van der Waals surface area contributed by atoms with Crippen molar-refractivity contribution in [2.24, 2.45) is 0 Å². The van der Waals surface area contributed by atoms with Gasteiger partial charge < -0.3 is 15.4 Å². The highest BCUT2D eigenvalue weighted by Gasteiger charge is 2.31. The Morgan fingerprint density at radius 1 is 1.37 bits per heavy atom. The molecule has 1 aliphatic rings. The lowest BCUT2D eigenvalue weighted by atomic mass is 9.96. The number of hydrogen-bond acceptors (Lipinski definition) is 7. The van der Waals surface area contributed by atoms with Gasteiger partial charge in [0, 0.05) is 37.8 Å². The predicted molar refractivity (Wildman–Crippen MR) is 100.0 cm³/mol. The molecule has 3 aromatic heterocycles. The van der Waals surface area contributed by atoms with Gasteiger partial charge in [0.2, 0.25) is 0 Å². The number of ether oxygens (including phenoxy) is 1. The zero-order chi connectivity index (χ0) is 18.7. The third-order valence-electron chi connectivity index (χ3n) is 4.64. The summed E-state index contributed by atoms with van der Waals surface area (Å²) in [5.41, 5.74) is 1.55. The van der Waals surface area contributed by atoms with Gasteiger partial charge >= 0.3 is 0 Å². The summed E-state index contributed by atoms with van der Waals surface area (Å²) in [6.07, 6.45) is 8.16. The third kappa shape index (κ3) is 3.88. The number of methoxy groups -OCH3 is 1. The predicted octanol–water partition coefficient (Wildman–Crippen LogP) is 2.00. The molecule has 142 valence electrons. The molecule has 1 atom stereocenters. The van der Waals surface area contributed by atoms with Crippen molar-refractivity contribution in [3.8, 4) is 11.3 Å². The fraction of sp³-hybridized carbons (Fsp3) is 0.444. The van der Waals surface area contributed by atoms with E-state index in [9.17, 15) is 4.39 Å². The maximum Gasteiger partial charge on any atom is 0.155 e. The second-order valence-electron chi connectivity index (χ2n) is 6.75. The van der Waals surface area contributed by atoms with E-state index < -0.39 is 5.67 Å². The molecular weight excluding hydrogens is 349 g/mol. The number of nitrogens with one attached hydrogen (secondary N) is 2. The minimum Gasteiger partial charge on any atom is -0.365 e. The molecule has 2 N–H and O–H groups in total. The van der Waals surface area contributed by atoms with Gasteiger partial charge in [-0.2, -0.15) is 5.10 Å². The van der Waals surface area contributed by atoms with E-state index in [-0.39, 0.29) is 6.54 Å². The Bertz CT molecular complexity index is 923. The molecule has 1 aliphatic heterocycles. The molecule has 0 amide bonds. The molecule has 4 rings (SSSR count). The zero-order valence-corrected chi connectivity index (χ0v) is 15.2. The zero-order valence-electron chi connectivity index (χ0n) is 15.2. The van der Waals surface area contributed by atoms with Crippen LogP contribution in [0.15, 0.2) is 30.9 Å². The van der Waals surface area contributed by atoms with Crippen LogP contribution in [0, 0.1) is 0 Å². The molecule has 0 aliphatic carbocycles. The summed E-state index contributed by atoms with van der Waals surface area (Å²) in [4.78, 5) is 13.4. The van der Waals surface area contributed by atoms with Gasteiger partial charge in [0.15, 0.2) is 5.82 Å². The Hall–Kier alpha value is -2.65. The lowest BCUT2D eigenvalue weighted by Gasteiger charge is -2.30. The van der Waals surface area contributed by atoms with Crippen LogP contribution in [0.25, 0.3) is 22.3 Å². The van der Waals surface area contributed by atoms with Gasteiger partial charge in [-0.3, -0.25) is 4.98 Å². The molecule has 27 heavy (non-hydrogen) atoms. The first-order chi connectivity index (χ1) is 13.2. The second-order valence-corrected chi connectivity index (χ2v) is 6.75. The molecule has 3 aromatic rings. The van der Waals surface area contributed by atoms with Crippen LogP contribution in [-0.4, -0.2) is 57.1 Å². The fourth-order valence-electron chi connectivity index (χ4n) is 3.27. The van der Waals surface area contributed by atoms with Gasteiger partial charge in [0.25, 0.3) is 0 Å². The molecule has 0 radical (unpaired) electrons. The number of halogens is 1. The number of piperidine rings is 1. The maximum atomic E-state index is 15.0. The number of rotatable bonds is 6. The molecule has 9 heteroatoms. The van der Waals surface area contributed by atoms with E-state index in [4.69, 9.17) is 4.74 Å². The van der Waals surface area contributed by atoms with Crippen LogP contribution in [-0.2, 0) is 11.5 Å². The first kappa shape index (κ1) is 17.7. The quantitative estimate of drug-likeness (QED) is 0.685. The van der Waals surface area contributed by atoms with E-state index in [2.05, 4.69) is 30.7 Å². The highest BCUT2D eigenvalue weighted by Crippen LogP contribution is 2.27. The van der Waals surface area contributed by atoms with Gasteiger partial charge in [-0.05, 0) is 25.5 Å². The molecule has 1 unspecified atom stereocenters. The minimum absolute atomic E-state index is 0.172. The van der Waals surface area contributed by atoms with E-state index in [0.29, 0.717) is 42.2 Å². The van der Waals surface area contributed by atoms with Crippen molar-refractivity contribution in [2.75, 3.05) is 32.1 Å². The normalized spacial score (nSPS) is 20.1. The van der Waals surface area contributed by atoms with Crippen LogP contribution in [0.4, 0.5) is 10.2 Å². The van der Waals surface area contributed by atoms with Crippen molar-refractivity contribution >= 4 is 16.9 Å². The molecule has 0 aromatic carbocycles. The molecule has 0 spiro atoms. The number of alkyl halides is 1. The largest absolute Gasteiger partial charge is 0.365 e. The van der Waals surface area contributed by atoms with Crippen LogP contribution in [0.3, 0.4) is 0 Å². The number of fused-ring (bicyclic) bond motifs is 1. The van der Waals surface area contributed by atoms with Crippen LogP contribution in [0.1, 0.15) is 12.8 Å². The number of hydrogen-bond donors (Lipinski definition) is 2. The standard InChI is InChI=1S/C18H22FN7O/c1-27-12-26-9-13(8-24-26)14-7-15-16(22-6-5-21-15)17(25-14)23-11-18(19)3-2-4-20-10-18/h5-9,20H,2-4,10-12H2,1H3,(H,23,25). The average Bonchev–Trinajstić information content (AvgIpc) is 3.16. The third-order valence-corrected chi connectivity index (χ3v) is 4.64. The Labute approximate surface area is 156 Å². The number of anilines is 1. The monoisotopic (exact) mass is 371 g/mol. The summed E-state index contributed by atoms with van der Waals surface area (Å²) < 4.78 is 21.7. The van der Waals surface area contributed by atoms with Crippen molar-refractivity contribution in [3.63, 3.8) is 0 Å². The molecule has 1 fully saturated rings. The van der Waals surface area contributed by atoms with Gasteiger partial charge in [-0.15, -0.1) is 0 Å². The summed E-state index contributed by atoms with van der Waals surface area (Å²) in [5, 5.41) is 10.5. The van der Waals surface area contributed by atoms with Gasteiger partial charge in [-0.25, -0.2) is 19.0 Å². The summed E-state index contributed by atoms with van der Waals surface area (Å²) in [5.74, 6) is 0.526. The van der Waals surface area contributed by atoms with Crippen LogP contribution in [0.5, 0.6) is 0 Å². The fourth-order valence-corrected chi connectivity index (χ4v) is 3.27. The van der Waals surface area contributed by atoms with E-state index in [1.807, 2.05) is 12.3 Å². The van der Waals surface area contributed by atoms with Gasteiger partial charge in [-0.1, -0.05) is 0 Å². The lowest BCUT2D eigenvalue weighted by molar-refractivity contribution is 0.120. The van der Waals surface area contributed by atoms with Gasteiger partial charge in [0.05, 0.1) is 24.0 Å². The van der Waals surface area contributed by atoms with E-state index >= 15 is 0 Å². The Morgan fingerprint density at radius 3 is 3.07 bits per heavy atom. The number of nitrogens with zero attached hydrogens (tertiary/aromatic N) is 5. The SMILES string of the molecule is COCn1cc(-c2cc3nccnc3c(NCC3(F)CCCNC3)n2)cn1. The number of aromatic nitrogens is 5. The molecule has 1 saturated heterocycles. The molecular formula is C18H22FN7O. The van der Waals surface area contributed by atoms with Crippen LogP contribution in [0.2, 0.25) is 0 Å². The molecule has 4 heterocycles. The van der Waals surface area contributed by atoms with Crippen molar-refractivity contribution in [1.29, 1.82) is 0 Å². The van der Waals surface area contributed by atoms with Crippen LogP contribution < -0.4 is 10.6 Å². The summed E-state index contributed by atoms with van der Waals surface area (Å²) in [6.45, 7) is 1.73. The maximum absolute atomic E-state index is 15.0. The van der Waals surface area contributed by atoms with Crippen molar-refractivity contribution < 1.29 is 9.13 Å².